The van der Waals surface area contributed by atoms with Crippen LogP contribution in [0.4, 0.5) is 0 Å². The van der Waals surface area contributed by atoms with Crippen LogP contribution in [0.3, 0.4) is 0 Å². The van der Waals surface area contributed by atoms with Gasteiger partial charge >= 0.3 is 0 Å². The molecule has 0 radical (unpaired) electrons. The summed E-state index contributed by atoms with van der Waals surface area (Å²) in [6.45, 7) is 0. The van der Waals surface area contributed by atoms with Crippen LogP contribution in [-0.2, 0) is 0 Å². The lowest BCUT2D eigenvalue weighted by molar-refractivity contribution is 0.128. The molecule has 0 aliphatic carbocycles. The van der Waals surface area contributed by atoms with E-state index >= 15 is 0 Å². The highest BCUT2D eigenvalue weighted by Gasteiger charge is 2.12. The molecule has 5 heteroatoms. The summed E-state index contributed by atoms with van der Waals surface area (Å²) in [7, 11) is 1.31. The van der Waals surface area contributed by atoms with E-state index in [4.69, 9.17) is 15.4 Å². The van der Waals surface area contributed by atoms with Gasteiger partial charge < -0.3 is 20.2 Å². The Hall–Kier alpha value is -1.52. The van der Waals surface area contributed by atoms with Gasteiger partial charge in [-0.05, 0) is 0 Å². The van der Waals surface area contributed by atoms with Crippen molar-refractivity contribution in [2.45, 2.75) is 0 Å². The Labute approximate surface area is 56.7 Å². The van der Waals surface area contributed by atoms with Crippen molar-refractivity contribution >= 4 is 0 Å². The highest BCUT2D eigenvalue weighted by atomic mass is 16.5. The van der Waals surface area contributed by atoms with Gasteiger partial charge in [0.05, 0.1) is 7.11 Å². The van der Waals surface area contributed by atoms with Crippen LogP contribution >= 0.6 is 0 Å². The van der Waals surface area contributed by atoms with Crippen LogP contribution in [0.5, 0.6) is 17.5 Å². The molecule has 56 valence electrons. The predicted molar refractivity (Wildman–Crippen MR) is 31.5 cm³/mol. The van der Waals surface area contributed by atoms with Crippen LogP contribution in [0.2, 0.25) is 0 Å². The van der Waals surface area contributed by atoms with Crippen LogP contribution in [0.25, 0.3) is 0 Å². The molecule has 0 unspecified atom stereocenters. The van der Waals surface area contributed by atoms with E-state index in [2.05, 4.69) is 4.74 Å². The van der Waals surface area contributed by atoms with Crippen LogP contribution in [0.1, 0.15) is 0 Å². The maximum Gasteiger partial charge on any atom is 0.272 e. The van der Waals surface area contributed by atoms with Crippen LogP contribution in [-0.4, -0.2) is 27.3 Å². The molecule has 3 N–H and O–H groups in total. The maximum atomic E-state index is 8.85. The largest absolute Gasteiger partial charge is 0.492 e. The molecule has 0 atom stereocenters. The van der Waals surface area contributed by atoms with Gasteiger partial charge in [-0.1, -0.05) is 0 Å². The molecular formula is C5H7NO4. The van der Waals surface area contributed by atoms with Gasteiger partial charge in [-0.15, -0.1) is 4.73 Å². The quantitative estimate of drug-likeness (QED) is 0.491. The van der Waals surface area contributed by atoms with Crippen molar-refractivity contribution in [2.24, 2.45) is 0 Å². The Morgan fingerprint density at radius 3 is 2.30 bits per heavy atom. The maximum absolute atomic E-state index is 8.85. The van der Waals surface area contributed by atoms with Gasteiger partial charge in [0.15, 0.2) is 5.75 Å². The second-order valence-corrected chi connectivity index (χ2v) is 1.71. The molecule has 5 nitrogen and oxygen atoms in total. The molecule has 0 saturated carbocycles. The molecule has 0 spiro atoms. The first-order chi connectivity index (χ1) is 4.66. The van der Waals surface area contributed by atoms with Crippen molar-refractivity contribution in [3.63, 3.8) is 0 Å². The lowest BCUT2D eigenvalue weighted by Gasteiger charge is -1.95. The zero-order valence-electron chi connectivity index (χ0n) is 5.27. The molecule has 1 aromatic heterocycles. The lowest BCUT2D eigenvalue weighted by atomic mass is 10.6. The van der Waals surface area contributed by atoms with Gasteiger partial charge in [-0.3, -0.25) is 0 Å². The van der Waals surface area contributed by atoms with E-state index in [-0.39, 0.29) is 10.5 Å². The Bertz CT molecular complexity index is 242. The van der Waals surface area contributed by atoms with Crippen LogP contribution < -0.4 is 4.74 Å². The summed E-state index contributed by atoms with van der Waals surface area (Å²) in [6.07, 6.45) is 0. The number of rotatable bonds is 1. The number of aromatic hydroxyl groups is 2. The Kier molecular flexibility index (Phi) is 1.33. The van der Waals surface area contributed by atoms with Crippen molar-refractivity contribution in [1.82, 2.24) is 4.73 Å². The SMILES string of the molecule is COc1cc(O)n(O)c1O. The third-order valence-electron chi connectivity index (χ3n) is 1.12. The second-order valence-electron chi connectivity index (χ2n) is 1.71. The summed E-state index contributed by atoms with van der Waals surface area (Å²) < 4.78 is 4.78. The second kappa shape index (κ2) is 2.02. The topological polar surface area (TPSA) is 74.9 Å². The Morgan fingerprint density at radius 2 is 2.10 bits per heavy atom. The summed E-state index contributed by atoms with van der Waals surface area (Å²) in [6, 6.07) is 1.09. The highest BCUT2D eigenvalue weighted by molar-refractivity contribution is 5.39. The molecular weight excluding hydrogens is 138 g/mol. The van der Waals surface area contributed by atoms with Gasteiger partial charge in [0, 0.05) is 6.07 Å². The van der Waals surface area contributed by atoms with E-state index in [1.54, 1.807) is 0 Å². The molecule has 0 aromatic carbocycles. The third kappa shape index (κ3) is 0.717. The van der Waals surface area contributed by atoms with Crippen molar-refractivity contribution in [3.05, 3.63) is 6.07 Å². The highest BCUT2D eigenvalue weighted by Crippen LogP contribution is 2.31. The van der Waals surface area contributed by atoms with Crippen LogP contribution in [0.15, 0.2) is 6.07 Å². The number of aromatic nitrogens is 1. The van der Waals surface area contributed by atoms with Crippen molar-refractivity contribution < 1.29 is 20.2 Å². The van der Waals surface area contributed by atoms with E-state index in [0.29, 0.717) is 0 Å². The Balaban J connectivity index is 3.17. The molecule has 0 amide bonds. The van der Waals surface area contributed by atoms with Gasteiger partial charge in [-0.25, -0.2) is 0 Å². The standard InChI is InChI=1S/C5H7NO4/c1-10-3-2-4(7)6(9)5(3)8/h2,7-9H,1H3. The van der Waals surface area contributed by atoms with E-state index in [1.165, 1.54) is 7.11 Å². The summed E-state index contributed by atoms with van der Waals surface area (Å²) >= 11 is 0. The van der Waals surface area contributed by atoms with Gasteiger partial charge in [0.1, 0.15) is 0 Å². The van der Waals surface area contributed by atoms with Crippen molar-refractivity contribution in [2.75, 3.05) is 7.11 Å². The molecule has 0 fully saturated rings. The molecule has 1 rings (SSSR count). The lowest BCUT2D eigenvalue weighted by Crippen LogP contribution is -1.87. The molecule has 1 aromatic rings. The fraction of sp³-hybridized carbons (Fsp3) is 0.200. The summed E-state index contributed by atoms with van der Waals surface area (Å²) in [4.78, 5) is 0. The fourth-order valence-electron chi connectivity index (χ4n) is 0.606. The molecule has 0 saturated heterocycles. The zero-order chi connectivity index (χ0) is 7.72. The van der Waals surface area contributed by atoms with E-state index in [9.17, 15) is 0 Å². The number of hydrogen-bond acceptors (Lipinski definition) is 4. The van der Waals surface area contributed by atoms with Crippen LogP contribution in [0, 0.1) is 0 Å². The van der Waals surface area contributed by atoms with E-state index < -0.39 is 11.8 Å². The van der Waals surface area contributed by atoms with Crippen molar-refractivity contribution in [1.29, 1.82) is 0 Å². The summed E-state index contributed by atoms with van der Waals surface area (Å²) in [5.74, 6) is -0.950. The first kappa shape index (κ1) is 6.60. The molecule has 0 bridgehead atoms. The zero-order valence-corrected chi connectivity index (χ0v) is 5.27. The average Bonchev–Trinajstić information content (AvgIpc) is 2.17. The number of methoxy groups -OCH3 is 1. The molecule has 0 aliphatic rings. The first-order valence-corrected chi connectivity index (χ1v) is 2.53. The third-order valence-corrected chi connectivity index (χ3v) is 1.12. The number of ether oxygens (including phenoxy) is 1. The first-order valence-electron chi connectivity index (χ1n) is 2.53. The fourth-order valence-corrected chi connectivity index (χ4v) is 0.606. The summed E-state index contributed by atoms with van der Waals surface area (Å²) in [5.41, 5.74) is 0. The number of nitrogens with zero attached hydrogens (tertiary/aromatic N) is 1. The molecule has 1 heterocycles. The molecule has 0 aliphatic heterocycles. The van der Waals surface area contributed by atoms with Gasteiger partial charge in [-0.2, -0.15) is 0 Å². The smallest absolute Gasteiger partial charge is 0.272 e. The normalized spacial score (nSPS) is 9.70. The van der Waals surface area contributed by atoms with Gasteiger partial charge in [0.25, 0.3) is 5.88 Å². The minimum atomic E-state index is -0.514. The summed E-state index contributed by atoms with van der Waals surface area (Å²) in [5, 5.41) is 26.3. The average molecular weight is 145 g/mol. The monoisotopic (exact) mass is 145 g/mol. The predicted octanol–water partition coefficient (Wildman–Crippen LogP) is 0.145. The Morgan fingerprint density at radius 1 is 1.50 bits per heavy atom. The van der Waals surface area contributed by atoms with E-state index in [1.807, 2.05) is 0 Å². The minimum absolute atomic E-state index is 0.0278. The minimum Gasteiger partial charge on any atom is -0.492 e. The van der Waals surface area contributed by atoms with E-state index in [0.717, 1.165) is 6.07 Å². The van der Waals surface area contributed by atoms with Crippen molar-refractivity contribution in [3.8, 4) is 17.5 Å². The number of hydrogen-bond donors (Lipinski definition) is 3. The van der Waals surface area contributed by atoms with Gasteiger partial charge in [0.2, 0.25) is 5.88 Å². The molecule has 10 heavy (non-hydrogen) atoms.